The Labute approximate surface area is 126 Å². The van der Waals surface area contributed by atoms with Crippen LogP contribution >= 0.6 is 11.6 Å². The Balaban J connectivity index is 2.05. The highest BCUT2D eigenvalue weighted by atomic mass is 35.5. The first-order chi connectivity index (χ1) is 10.1. The number of carboxylic acid groups (broad SMARTS) is 1. The third kappa shape index (κ3) is 2.59. The predicted octanol–water partition coefficient (Wildman–Crippen LogP) is 2.85. The normalized spacial score (nSPS) is 20.9. The van der Waals surface area contributed by atoms with Gasteiger partial charge in [0.2, 0.25) is 0 Å². The average molecular weight is 308 g/mol. The molecule has 0 aliphatic heterocycles. The first-order valence-corrected chi connectivity index (χ1v) is 6.96. The molecule has 0 bridgehead atoms. The molecule has 1 aliphatic carbocycles. The van der Waals surface area contributed by atoms with Crippen LogP contribution < -0.4 is 5.32 Å². The van der Waals surface area contributed by atoms with Gasteiger partial charge in [0, 0.05) is 5.92 Å². The molecule has 21 heavy (non-hydrogen) atoms. The number of hydrogen-bond acceptors (Lipinski definition) is 3. The van der Waals surface area contributed by atoms with Crippen LogP contribution in [0.2, 0.25) is 5.02 Å². The fraction of sp³-hybridized carbons (Fsp3) is 0.286. The fourth-order valence-corrected chi connectivity index (χ4v) is 2.77. The number of rotatable bonds is 3. The molecule has 3 N–H and O–H groups in total. The number of amides is 1. The Bertz CT molecular complexity index is 666. The summed E-state index contributed by atoms with van der Waals surface area (Å²) in [6, 6.07) is 9.16. The molecule has 1 aromatic carbocycles. The van der Waals surface area contributed by atoms with Crippen LogP contribution in [0.1, 0.15) is 24.5 Å². The molecule has 2 aromatic rings. The van der Waals surface area contributed by atoms with Crippen molar-refractivity contribution in [1.29, 1.82) is 0 Å². The Morgan fingerprint density at radius 1 is 1.33 bits per heavy atom. The second kappa shape index (κ2) is 5.38. The summed E-state index contributed by atoms with van der Waals surface area (Å²) >= 11 is 6.29. The number of anilines is 1. The minimum Gasteiger partial charge on any atom is -0.465 e. The van der Waals surface area contributed by atoms with Gasteiger partial charge < -0.3 is 10.2 Å². The van der Waals surface area contributed by atoms with Gasteiger partial charge in [-0.1, -0.05) is 29.8 Å². The number of aliphatic hydroxyl groups is 1. The molecule has 1 saturated carbocycles. The van der Waals surface area contributed by atoms with Crippen LogP contribution in [-0.2, 0) is 0 Å². The highest BCUT2D eigenvalue weighted by Crippen LogP contribution is 2.42. The molecule has 1 amide bonds. The molecule has 0 unspecified atom stereocenters. The second-order valence-corrected chi connectivity index (χ2v) is 5.43. The summed E-state index contributed by atoms with van der Waals surface area (Å²) in [7, 11) is 0. The van der Waals surface area contributed by atoms with Gasteiger partial charge in [-0.15, -0.1) is 0 Å². The smallest absolute Gasteiger partial charge is 0.410 e. The minimum absolute atomic E-state index is 0.0619. The summed E-state index contributed by atoms with van der Waals surface area (Å²) in [5, 5.41) is 25.4. The molecule has 0 saturated heterocycles. The van der Waals surface area contributed by atoms with Crippen LogP contribution in [0.4, 0.5) is 10.6 Å². The van der Waals surface area contributed by atoms with E-state index in [-0.39, 0.29) is 22.9 Å². The number of benzene rings is 1. The second-order valence-electron chi connectivity index (χ2n) is 5.05. The highest BCUT2D eigenvalue weighted by Gasteiger charge is 2.34. The van der Waals surface area contributed by atoms with Crippen molar-refractivity contribution in [3.05, 3.63) is 41.0 Å². The lowest BCUT2D eigenvalue weighted by molar-refractivity contribution is 0.0731. The molecule has 0 spiro atoms. The summed E-state index contributed by atoms with van der Waals surface area (Å²) in [4.78, 5) is 11.0. The zero-order valence-electron chi connectivity index (χ0n) is 11.0. The number of nitrogens with zero attached hydrogens (tertiary/aromatic N) is 2. The number of para-hydroxylation sites is 1. The van der Waals surface area contributed by atoms with Crippen LogP contribution in [0.25, 0.3) is 5.69 Å². The van der Waals surface area contributed by atoms with Crippen molar-refractivity contribution >= 4 is 23.5 Å². The number of hydrogen-bond donors (Lipinski definition) is 3. The quantitative estimate of drug-likeness (QED) is 0.813. The van der Waals surface area contributed by atoms with E-state index in [4.69, 9.17) is 16.7 Å². The molecule has 110 valence electrons. The van der Waals surface area contributed by atoms with Crippen molar-refractivity contribution in [2.24, 2.45) is 0 Å². The molecule has 7 heteroatoms. The molecule has 0 atom stereocenters. The van der Waals surface area contributed by atoms with E-state index in [0.29, 0.717) is 24.2 Å². The van der Waals surface area contributed by atoms with Gasteiger partial charge in [0.05, 0.1) is 17.5 Å². The molecule has 1 heterocycles. The van der Waals surface area contributed by atoms with E-state index < -0.39 is 6.09 Å². The number of aliphatic hydroxyl groups excluding tert-OH is 1. The van der Waals surface area contributed by atoms with Crippen LogP contribution in [0.5, 0.6) is 0 Å². The molecule has 1 aromatic heterocycles. The largest absolute Gasteiger partial charge is 0.465 e. The number of carbonyl (C=O) groups is 1. The molecule has 0 radical (unpaired) electrons. The number of aromatic nitrogens is 2. The van der Waals surface area contributed by atoms with Gasteiger partial charge in [-0.2, -0.15) is 5.10 Å². The zero-order valence-corrected chi connectivity index (χ0v) is 11.8. The monoisotopic (exact) mass is 307 g/mol. The van der Waals surface area contributed by atoms with Crippen LogP contribution in [0, 0.1) is 0 Å². The molecule has 1 aliphatic rings. The molecule has 1 fully saturated rings. The van der Waals surface area contributed by atoms with Crippen LogP contribution in [-0.4, -0.2) is 32.2 Å². The Morgan fingerprint density at radius 3 is 2.57 bits per heavy atom. The summed E-state index contributed by atoms with van der Waals surface area (Å²) in [6.45, 7) is 0. The predicted molar refractivity (Wildman–Crippen MR) is 78.2 cm³/mol. The third-order valence-corrected chi connectivity index (χ3v) is 3.95. The van der Waals surface area contributed by atoms with Crippen molar-refractivity contribution in [3.63, 3.8) is 0 Å². The molecular formula is C14H14ClN3O3. The topological polar surface area (TPSA) is 87.4 Å². The van der Waals surface area contributed by atoms with E-state index in [1.54, 1.807) is 0 Å². The van der Waals surface area contributed by atoms with Crippen molar-refractivity contribution < 1.29 is 15.0 Å². The first-order valence-electron chi connectivity index (χ1n) is 6.58. The maximum atomic E-state index is 11.0. The third-order valence-electron chi connectivity index (χ3n) is 3.58. The molecule has 3 rings (SSSR count). The van der Waals surface area contributed by atoms with Crippen molar-refractivity contribution in [3.8, 4) is 5.69 Å². The van der Waals surface area contributed by atoms with Gasteiger partial charge in [0.1, 0.15) is 5.02 Å². The average Bonchev–Trinajstić information content (AvgIpc) is 2.73. The highest BCUT2D eigenvalue weighted by molar-refractivity contribution is 6.34. The van der Waals surface area contributed by atoms with Gasteiger partial charge >= 0.3 is 6.09 Å². The zero-order chi connectivity index (χ0) is 15.0. The van der Waals surface area contributed by atoms with Crippen LogP contribution in [0.15, 0.2) is 30.3 Å². The van der Waals surface area contributed by atoms with E-state index in [1.807, 2.05) is 30.3 Å². The van der Waals surface area contributed by atoms with Crippen molar-refractivity contribution in [1.82, 2.24) is 9.78 Å². The van der Waals surface area contributed by atoms with Crippen molar-refractivity contribution in [2.45, 2.75) is 24.9 Å². The fourth-order valence-electron chi connectivity index (χ4n) is 2.45. The summed E-state index contributed by atoms with van der Waals surface area (Å²) in [5.41, 5.74) is 1.34. The maximum absolute atomic E-state index is 11.0. The molecule has 6 nitrogen and oxygen atoms in total. The molecular weight excluding hydrogens is 294 g/mol. The summed E-state index contributed by atoms with van der Waals surface area (Å²) in [5.74, 6) is 0.290. The Kier molecular flexibility index (Phi) is 3.57. The van der Waals surface area contributed by atoms with E-state index >= 15 is 0 Å². The van der Waals surface area contributed by atoms with Gasteiger partial charge in [0.25, 0.3) is 0 Å². The van der Waals surface area contributed by atoms with Gasteiger partial charge in [-0.05, 0) is 25.0 Å². The SMILES string of the molecule is O=C(O)Nc1c(Cl)c(C2CC(O)C2)nn1-c1ccccc1. The first kappa shape index (κ1) is 13.9. The van der Waals surface area contributed by atoms with Crippen LogP contribution in [0.3, 0.4) is 0 Å². The Hall–Kier alpha value is -2.05. The van der Waals surface area contributed by atoms with Gasteiger partial charge in [-0.25, -0.2) is 9.48 Å². The van der Waals surface area contributed by atoms with Crippen molar-refractivity contribution in [2.75, 3.05) is 5.32 Å². The lowest BCUT2D eigenvalue weighted by Gasteiger charge is -2.29. The van der Waals surface area contributed by atoms with Gasteiger partial charge in [-0.3, -0.25) is 5.32 Å². The lowest BCUT2D eigenvalue weighted by atomic mass is 9.80. The lowest BCUT2D eigenvalue weighted by Crippen LogP contribution is -2.27. The Morgan fingerprint density at radius 2 is 2.00 bits per heavy atom. The maximum Gasteiger partial charge on any atom is 0.410 e. The summed E-state index contributed by atoms with van der Waals surface area (Å²) < 4.78 is 1.48. The van der Waals surface area contributed by atoms with E-state index in [2.05, 4.69) is 10.4 Å². The van der Waals surface area contributed by atoms with E-state index in [1.165, 1.54) is 4.68 Å². The minimum atomic E-state index is -1.20. The standard InChI is InChI=1S/C14H14ClN3O3/c15-11-12(8-6-10(19)7-8)17-18(13(11)16-14(20)21)9-4-2-1-3-5-9/h1-5,8,10,16,19H,6-7H2,(H,20,21). The summed E-state index contributed by atoms with van der Waals surface area (Å²) in [6.07, 6.45) is -0.339. The van der Waals surface area contributed by atoms with E-state index in [9.17, 15) is 9.90 Å². The van der Waals surface area contributed by atoms with Gasteiger partial charge in [0.15, 0.2) is 5.82 Å². The number of halogens is 1. The number of nitrogens with one attached hydrogen (secondary N) is 1. The van der Waals surface area contributed by atoms with E-state index in [0.717, 1.165) is 0 Å².